The summed E-state index contributed by atoms with van der Waals surface area (Å²) in [5, 5.41) is 4.03. The standard InChI is InChI=1S/C21H21BrN4O2/c1-25(2)17-8-10-18(11-9-17)26-12-4-6-19(26)14-23-24-21(27)15-28-20-7-3-5-16(22)13-20/h3-14H,15H2,1-2H3,(H,24,27)/b23-14+. The molecule has 0 radical (unpaired) electrons. The van der Waals surface area contributed by atoms with Gasteiger partial charge in [0, 0.05) is 36.1 Å². The molecule has 1 heterocycles. The van der Waals surface area contributed by atoms with Crippen LogP contribution >= 0.6 is 15.9 Å². The van der Waals surface area contributed by atoms with E-state index in [1.807, 2.05) is 66.2 Å². The Labute approximate surface area is 172 Å². The van der Waals surface area contributed by atoms with Crippen LogP contribution in [0.4, 0.5) is 5.69 Å². The van der Waals surface area contributed by atoms with E-state index < -0.39 is 0 Å². The fourth-order valence-electron chi connectivity index (χ4n) is 2.55. The average molecular weight is 441 g/mol. The van der Waals surface area contributed by atoms with Gasteiger partial charge in [-0.2, -0.15) is 5.10 Å². The fourth-order valence-corrected chi connectivity index (χ4v) is 2.93. The minimum absolute atomic E-state index is 0.110. The summed E-state index contributed by atoms with van der Waals surface area (Å²) in [5.74, 6) is 0.285. The molecule has 0 unspecified atom stereocenters. The number of anilines is 1. The number of carbonyl (C=O) groups is 1. The molecule has 0 fully saturated rings. The van der Waals surface area contributed by atoms with Crippen molar-refractivity contribution in [2.45, 2.75) is 0 Å². The molecule has 0 saturated heterocycles. The smallest absolute Gasteiger partial charge is 0.277 e. The molecule has 3 rings (SSSR count). The molecule has 28 heavy (non-hydrogen) atoms. The molecule has 1 aromatic heterocycles. The van der Waals surface area contributed by atoms with E-state index in [1.165, 1.54) is 0 Å². The Bertz CT molecular complexity index is 965. The van der Waals surface area contributed by atoms with Crippen LogP contribution in [-0.2, 0) is 4.79 Å². The quantitative estimate of drug-likeness (QED) is 0.448. The molecule has 0 aliphatic carbocycles. The van der Waals surface area contributed by atoms with Gasteiger partial charge in [0.2, 0.25) is 0 Å². The number of aromatic nitrogens is 1. The highest BCUT2D eigenvalue weighted by Crippen LogP contribution is 2.18. The molecule has 1 N–H and O–H groups in total. The van der Waals surface area contributed by atoms with Crippen molar-refractivity contribution >= 4 is 33.7 Å². The number of hydrazone groups is 1. The Kier molecular flexibility index (Phi) is 6.49. The van der Waals surface area contributed by atoms with Crippen LogP contribution in [0.15, 0.2) is 76.4 Å². The van der Waals surface area contributed by atoms with Gasteiger partial charge in [-0.1, -0.05) is 22.0 Å². The number of nitrogens with one attached hydrogen (secondary N) is 1. The minimum atomic E-state index is -0.329. The zero-order valence-electron chi connectivity index (χ0n) is 15.7. The minimum Gasteiger partial charge on any atom is -0.484 e. The number of hydrogen-bond acceptors (Lipinski definition) is 4. The van der Waals surface area contributed by atoms with Gasteiger partial charge in [0.25, 0.3) is 5.91 Å². The van der Waals surface area contributed by atoms with Gasteiger partial charge in [-0.25, -0.2) is 5.43 Å². The molecule has 7 heteroatoms. The summed E-state index contributed by atoms with van der Waals surface area (Å²) in [5.41, 5.74) is 5.48. The zero-order chi connectivity index (χ0) is 19.9. The number of carbonyl (C=O) groups excluding carboxylic acids is 1. The summed E-state index contributed by atoms with van der Waals surface area (Å²) < 4.78 is 8.32. The van der Waals surface area contributed by atoms with E-state index >= 15 is 0 Å². The van der Waals surface area contributed by atoms with Crippen molar-refractivity contribution in [3.8, 4) is 11.4 Å². The van der Waals surface area contributed by atoms with Gasteiger partial charge in [-0.15, -0.1) is 0 Å². The van der Waals surface area contributed by atoms with Gasteiger partial charge in [0.1, 0.15) is 5.75 Å². The van der Waals surface area contributed by atoms with Crippen molar-refractivity contribution in [2.24, 2.45) is 5.10 Å². The third kappa shape index (κ3) is 5.23. The molecule has 0 aliphatic heterocycles. The molecule has 144 valence electrons. The normalized spacial score (nSPS) is 10.8. The van der Waals surface area contributed by atoms with Crippen LogP contribution in [0.25, 0.3) is 5.69 Å². The highest BCUT2D eigenvalue weighted by molar-refractivity contribution is 9.10. The SMILES string of the molecule is CN(C)c1ccc(-n2cccc2/C=N/NC(=O)COc2cccc(Br)c2)cc1. The van der Waals surface area contributed by atoms with Crippen LogP contribution in [-0.4, -0.2) is 37.4 Å². The van der Waals surface area contributed by atoms with Gasteiger partial charge in [0.05, 0.1) is 11.9 Å². The maximum Gasteiger partial charge on any atom is 0.277 e. The van der Waals surface area contributed by atoms with Crippen molar-refractivity contribution in [3.05, 3.63) is 77.0 Å². The van der Waals surface area contributed by atoms with Crippen LogP contribution in [0, 0.1) is 0 Å². The molecular weight excluding hydrogens is 420 g/mol. The average Bonchev–Trinajstić information content (AvgIpc) is 3.15. The number of benzene rings is 2. The number of halogens is 1. The first-order valence-electron chi connectivity index (χ1n) is 8.68. The monoisotopic (exact) mass is 440 g/mol. The van der Waals surface area contributed by atoms with E-state index in [0.29, 0.717) is 5.75 Å². The molecule has 6 nitrogen and oxygen atoms in total. The lowest BCUT2D eigenvalue weighted by Gasteiger charge is -2.13. The maximum atomic E-state index is 11.9. The summed E-state index contributed by atoms with van der Waals surface area (Å²) in [6.45, 7) is -0.110. The van der Waals surface area contributed by atoms with Crippen molar-refractivity contribution in [3.63, 3.8) is 0 Å². The van der Waals surface area contributed by atoms with Crippen molar-refractivity contribution in [2.75, 3.05) is 25.6 Å². The van der Waals surface area contributed by atoms with Crippen molar-refractivity contribution in [1.29, 1.82) is 0 Å². The highest BCUT2D eigenvalue weighted by Gasteiger charge is 2.04. The van der Waals surface area contributed by atoms with Crippen molar-refractivity contribution < 1.29 is 9.53 Å². The Hall–Kier alpha value is -3.06. The Morgan fingerprint density at radius 3 is 2.68 bits per heavy atom. The van der Waals surface area contributed by atoms with E-state index in [0.717, 1.165) is 21.5 Å². The fraction of sp³-hybridized carbons (Fsp3) is 0.143. The molecular formula is C21H21BrN4O2. The van der Waals surface area contributed by atoms with Crippen LogP contribution in [0.3, 0.4) is 0 Å². The van der Waals surface area contributed by atoms with E-state index in [4.69, 9.17) is 4.74 Å². The topological polar surface area (TPSA) is 58.9 Å². The molecule has 2 aromatic carbocycles. The number of ether oxygens (including phenoxy) is 1. The second-order valence-electron chi connectivity index (χ2n) is 6.25. The number of rotatable bonds is 7. The maximum absolute atomic E-state index is 11.9. The van der Waals surface area contributed by atoms with E-state index in [-0.39, 0.29) is 12.5 Å². The second kappa shape index (κ2) is 9.23. The lowest BCUT2D eigenvalue weighted by atomic mass is 10.2. The summed E-state index contributed by atoms with van der Waals surface area (Å²) in [6.07, 6.45) is 3.56. The largest absolute Gasteiger partial charge is 0.484 e. The first kappa shape index (κ1) is 19.7. The molecule has 0 atom stereocenters. The molecule has 0 bridgehead atoms. The second-order valence-corrected chi connectivity index (χ2v) is 7.17. The first-order chi connectivity index (χ1) is 13.5. The summed E-state index contributed by atoms with van der Waals surface area (Å²) >= 11 is 3.36. The molecule has 0 saturated carbocycles. The first-order valence-corrected chi connectivity index (χ1v) is 9.47. The van der Waals surface area contributed by atoms with Gasteiger partial charge in [-0.05, 0) is 54.6 Å². The Morgan fingerprint density at radius 1 is 1.18 bits per heavy atom. The predicted octanol–water partition coefficient (Wildman–Crippen LogP) is 3.83. The Balaban J connectivity index is 1.57. The third-order valence-corrected chi connectivity index (χ3v) is 4.47. The summed E-state index contributed by atoms with van der Waals surface area (Å²) in [7, 11) is 4.01. The van der Waals surface area contributed by atoms with Crippen LogP contribution < -0.4 is 15.1 Å². The highest BCUT2D eigenvalue weighted by atomic mass is 79.9. The van der Waals surface area contributed by atoms with Gasteiger partial charge in [-0.3, -0.25) is 4.79 Å². The van der Waals surface area contributed by atoms with Gasteiger partial charge in [0.15, 0.2) is 6.61 Å². The summed E-state index contributed by atoms with van der Waals surface area (Å²) in [6, 6.07) is 19.4. The zero-order valence-corrected chi connectivity index (χ0v) is 17.3. The van der Waals surface area contributed by atoms with E-state index in [1.54, 1.807) is 18.3 Å². The third-order valence-electron chi connectivity index (χ3n) is 3.98. The number of nitrogens with zero attached hydrogens (tertiary/aromatic N) is 3. The predicted molar refractivity (Wildman–Crippen MR) is 115 cm³/mol. The van der Waals surface area contributed by atoms with Crippen LogP contribution in [0.2, 0.25) is 0 Å². The Morgan fingerprint density at radius 2 is 1.96 bits per heavy atom. The van der Waals surface area contributed by atoms with Gasteiger partial charge >= 0.3 is 0 Å². The van der Waals surface area contributed by atoms with Crippen LogP contribution in [0.5, 0.6) is 5.75 Å². The van der Waals surface area contributed by atoms with E-state index in [9.17, 15) is 4.79 Å². The van der Waals surface area contributed by atoms with E-state index in [2.05, 4.69) is 38.6 Å². The molecule has 3 aromatic rings. The van der Waals surface area contributed by atoms with Crippen molar-refractivity contribution in [1.82, 2.24) is 9.99 Å². The lowest BCUT2D eigenvalue weighted by Crippen LogP contribution is -2.24. The van der Waals surface area contributed by atoms with Gasteiger partial charge < -0.3 is 14.2 Å². The lowest BCUT2D eigenvalue weighted by molar-refractivity contribution is -0.123. The van der Waals surface area contributed by atoms with Crippen LogP contribution in [0.1, 0.15) is 5.69 Å². The molecule has 1 amide bonds. The summed E-state index contributed by atoms with van der Waals surface area (Å²) in [4.78, 5) is 14.0. The molecule has 0 aliphatic rings. The number of hydrogen-bond donors (Lipinski definition) is 1. The number of amides is 1. The molecule has 0 spiro atoms.